The van der Waals surface area contributed by atoms with Crippen LogP contribution in [0.15, 0.2) is 29.4 Å². The minimum atomic E-state index is -3.63. The number of pyridine rings is 1. The number of sulfone groups is 1. The number of nitrogens with zero attached hydrogens (tertiary/aromatic N) is 2. The van der Waals surface area contributed by atoms with Crippen molar-refractivity contribution in [2.45, 2.75) is 16.6 Å². The Bertz CT molecular complexity index is 625. The minimum Gasteiger partial charge on any atom is -0.263 e. The van der Waals surface area contributed by atoms with Gasteiger partial charge in [0.15, 0.2) is 9.84 Å². The third-order valence-electron chi connectivity index (χ3n) is 2.99. The van der Waals surface area contributed by atoms with Crippen molar-refractivity contribution in [3.63, 3.8) is 0 Å². The molecule has 0 unspecified atom stereocenters. The van der Waals surface area contributed by atoms with Crippen LogP contribution in [0.1, 0.15) is 6.42 Å². The van der Waals surface area contributed by atoms with E-state index in [0.29, 0.717) is 6.42 Å². The van der Waals surface area contributed by atoms with Gasteiger partial charge in [-0.3, -0.25) is 4.98 Å². The lowest BCUT2D eigenvalue weighted by atomic mass is 10.4. The van der Waals surface area contributed by atoms with Crippen molar-refractivity contribution >= 4 is 19.9 Å². The van der Waals surface area contributed by atoms with E-state index in [4.69, 9.17) is 0 Å². The SMILES string of the molecule is CS(=O)(=O)[C@H]1CCN(S(=O)(=O)c2cccnc2)C1. The molecule has 0 spiro atoms. The van der Waals surface area contributed by atoms with Gasteiger partial charge in [0.25, 0.3) is 0 Å². The lowest BCUT2D eigenvalue weighted by Crippen LogP contribution is -2.31. The second-order valence-electron chi connectivity index (χ2n) is 4.29. The molecule has 8 heteroatoms. The fourth-order valence-corrected chi connectivity index (χ4v) is 4.46. The van der Waals surface area contributed by atoms with Crippen molar-refractivity contribution in [3.8, 4) is 0 Å². The first-order valence-electron chi connectivity index (χ1n) is 5.41. The Kier molecular flexibility index (Phi) is 3.43. The maximum Gasteiger partial charge on any atom is 0.244 e. The molecule has 0 aromatic carbocycles. The van der Waals surface area contributed by atoms with Crippen LogP contribution in [0.4, 0.5) is 0 Å². The van der Waals surface area contributed by atoms with Crippen LogP contribution in [0, 0.1) is 0 Å². The molecule has 1 fully saturated rings. The van der Waals surface area contributed by atoms with Crippen LogP contribution in [0.2, 0.25) is 0 Å². The summed E-state index contributed by atoms with van der Waals surface area (Å²) in [5.74, 6) is 0. The van der Waals surface area contributed by atoms with Gasteiger partial charge in [-0.15, -0.1) is 0 Å². The molecule has 1 saturated heterocycles. The molecule has 0 radical (unpaired) electrons. The highest BCUT2D eigenvalue weighted by Crippen LogP contribution is 2.23. The van der Waals surface area contributed by atoms with E-state index in [1.54, 1.807) is 0 Å². The quantitative estimate of drug-likeness (QED) is 0.775. The van der Waals surface area contributed by atoms with E-state index in [9.17, 15) is 16.8 Å². The van der Waals surface area contributed by atoms with Crippen LogP contribution < -0.4 is 0 Å². The molecule has 0 saturated carbocycles. The van der Waals surface area contributed by atoms with E-state index in [1.165, 1.54) is 28.8 Å². The van der Waals surface area contributed by atoms with Gasteiger partial charge in [0, 0.05) is 31.7 Å². The summed E-state index contributed by atoms with van der Waals surface area (Å²) in [6.07, 6.45) is 4.24. The van der Waals surface area contributed by atoms with Gasteiger partial charge in [0.05, 0.1) is 5.25 Å². The van der Waals surface area contributed by atoms with Crippen molar-refractivity contribution in [2.75, 3.05) is 19.3 Å². The zero-order valence-corrected chi connectivity index (χ0v) is 11.5. The third kappa shape index (κ3) is 2.55. The molecule has 1 aromatic rings. The minimum absolute atomic E-state index is 0.0239. The van der Waals surface area contributed by atoms with Crippen LogP contribution >= 0.6 is 0 Å². The van der Waals surface area contributed by atoms with E-state index in [2.05, 4.69) is 4.98 Å². The van der Waals surface area contributed by atoms with E-state index in [1.807, 2.05) is 0 Å². The molecule has 1 aliphatic rings. The number of sulfonamides is 1. The highest BCUT2D eigenvalue weighted by atomic mass is 32.2. The molecule has 100 valence electrons. The maximum absolute atomic E-state index is 12.2. The Hall–Kier alpha value is -0.990. The van der Waals surface area contributed by atoms with Crippen LogP contribution in [0.3, 0.4) is 0 Å². The third-order valence-corrected chi connectivity index (χ3v) is 6.43. The molecule has 0 aliphatic carbocycles. The predicted octanol–water partition coefficient (Wildman–Crippen LogP) is -0.111. The first-order chi connectivity index (χ1) is 8.32. The van der Waals surface area contributed by atoms with Gasteiger partial charge in [0.1, 0.15) is 4.90 Å². The average Bonchev–Trinajstić information content (AvgIpc) is 2.79. The Morgan fingerprint density at radius 3 is 2.56 bits per heavy atom. The molecular formula is C10H14N2O4S2. The van der Waals surface area contributed by atoms with Crippen LogP contribution in [-0.4, -0.2) is 50.7 Å². The van der Waals surface area contributed by atoms with Gasteiger partial charge in [-0.25, -0.2) is 16.8 Å². The molecule has 18 heavy (non-hydrogen) atoms. The van der Waals surface area contributed by atoms with Crippen molar-refractivity contribution in [1.29, 1.82) is 0 Å². The lowest BCUT2D eigenvalue weighted by molar-refractivity contribution is 0.476. The molecule has 2 rings (SSSR count). The Labute approximate surface area is 107 Å². The van der Waals surface area contributed by atoms with Gasteiger partial charge in [-0.2, -0.15) is 4.31 Å². The standard InChI is InChI=1S/C10H14N2O4S2/c1-17(13,14)10-4-6-12(8-10)18(15,16)9-3-2-5-11-7-9/h2-3,5,7,10H,4,6,8H2,1H3/t10-/m0/s1. The monoisotopic (exact) mass is 290 g/mol. The largest absolute Gasteiger partial charge is 0.263 e. The molecule has 2 heterocycles. The Morgan fingerprint density at radius 1 is 1.33 bits per heavy atom. The highest BCUT2D eigenvalue weighted by Gasteiger charge is 2.36. The first kappa shape index (κ1) is 13.4. The molecule has 6 nitrogen and oxygen atoms in total. The summed E-state index contributed by atoms with van der Waals surface area (Å²) in [6.45, 7) is 0.255. The first-order valence-corrected chi connectivity index (χ1v) is 8.80. The summed E-state index contributed by atoms with van der Waals surface area (Å²) < 4.78 is 48.4. The van der Waals surface area contributed by atoms with Gasteiger partial charge < -0.3 is 0 Å². The van der Waals surface area contributed by atoms with Crippen molar-refractivity contribution in [1.82, 2.24) is 9.29 Å². The zero-order valence-electron chi connectivity index (χ0n) is 9.85. The molecule has 0 bridgehead atoms. The van der Waals surface area contributed by atoms with Crippen molar-refractivity contribution in [2.24, 2.45) is 0 Å². The summed E-state index contributed by atoms with van der Waals surface area (Å²) >= 11 is 0. The van der Waals surface area contributed by atoms with E-state index < -0.39 is 25.1 Å². The second-order valence-corrected chi connectivity index (χ2v) is 8.56. The van der Waals surface area contributed by atoms with E-state index in [0.717, 1.165) is 6.26 Å². The Morgan fingerprint density at radius 2 is 2.06 bits per heavy atom. The number of rotatable bonds is 3. The molecule has 0 amide bonds. The molecular weight excluding hydrogens is 276 g/mol. The topological polar surface area (TPSA) is 84.4 Å². The Balaban J connectivity index is 2.25. The normalized spacial score (nSPS) is 22.2. The molecule has 0 N–H and O–H groups in total. The van der Waals surface area contributed by atoms with Crippen LogP contribution in [0.5, 0.6) is 0 Å². The summed E-state index contributed by atoms with van der Waals surface area (Å²) in [6, 6.07) is 2.99. The van der Waals surface area contributed by atoms with Crippen LogP contribution in [-0.2, 0) is 19.9 Å². The van der Waals surface area contributed by atoms with Crippen LogP contribution in [0.25, 0.3) is 0 Å². The summed E-state index contributed by atoms with van der Waals surface area (Å²) in [5, 5.41) is -0.607. The summed E-state index contributed by atoms with van der Waals surface area (Å²) in [5.41, 5.74) is 0. The number of hydrogen-bond acceptors (Lipinski definition) is 5. The van der Waals surface area contributed by atoms with E-state index >= 15 is 0 Å². The maximum atomic E-state index is 12.2. The predicted molar refractivity (Wildman–Crippen MR) is 66.2 cm³/mol. The summed E-state index contributed by atoms with van der Waals surface area (Å²) in [7, 11) is -6.83. The lowest BCUT2D eigenvalue weighted by Gasteiger charge is -2.15. The fourth-order valence-electron chi connectivity index (χ4n) is 1.91. The van der Waals surface area contributed by atoms with E-state index in [-0.39, 0.29) is 18.0 Å². The smallest absolute Gasteiger partial charge is 0.244 e. The number of aromatic nitrogens is 1. The fraction of sp³-hybridized carbons (Fsp3) is 0.500. The summed E-state index contributed by atoms with van der Waals surface area (Å²) in [4.78, 5) is 3.86. The van der Waals surface area contributed by atoms with Gasteiger partial charge in [-0.05, 0) is 18.6 Å². The van der Waals surface area contributed by atoms with Gasteiger partial charge in [0.2, 0.25) is 10.0 Å². The van der Waals surface area contributed by atoms with Crippen molar-refractivity contribution < 1.29 is 16.8 Å². The average molecular weight is 290 g/mol. The highest BCUT2D eigenvalue weighted by molar-refractivity contribution is 7.91. The molecule has 1 aromatic heterocycles. The number of hydrogen-bond donors (Lipinski definition) is 0. The molecule has 1 aliphatic heterocycles. The molecule has 1 atom stereocenters. The second kappa shape index (κ2) is 4.60. The zero-order chi connectivity index (χ0) is 13.4. The van der Waals surface area contributed by atoms with Crippen molar-refractivity contribution in [3.05, 3.63) is 24.5 Å². The van der Waals surface area contributed by atoms with Gasteiger partial charge in [-0.1, -0.05) is 0 Å². The van der Waals surface area contributed by atoms with Gasteiger partial charge >= 0.3 is 0 Å².